The van der Waals surface area contributed by atoms with Gasteiger partial charge in [0.05, 0.1) is 22.4 Å². The molecular weight excluding hydrogens is 669 g/mol. The highest BCUT2D eigenvalue weighted by Crippen LogP contribution is 2.40. The third-order valence-corrected chi connectivity index (χ3v) is 10.9. The molecule has 2 heterocycles. The number of nitrogens with zero attached hydrogens (tertiary/aromatic N) is 2. The standard InChI is InChI=1S/C52H32N2O/c1-2-13-35(14-3-1)48-49(54-51-45-23-7-5-20-42(45)41-19-4-6-22-44(41)50(51)53-48)39-18-11-17-38(32-39)37-16-10-15-36(31-37)33-27-29-34(30-28-33)40-24-12-25-46-43-21-8-9-26-47(43)55-52(40)46/h1-32H. The zero-order valence-electron chi connectivity index (χ0n) is 29.8. The summed E-state index contributed by atoms with van der Waals surface area (Å²) < 4.78 is 6.34. The molecule has 9 aromatic carbocycles. The Morgan fingerprint density at radius 3 is 1.42 bits per heavy atom. The number of furan rings is 1. The van der Waals surface area contributed by atoms with Gasteiger partial charge in [0.1, 0.15) is 11.2 Å². The number of rotatable bonds is 5. The molecule has 0 N–H and O–H groups in total. The van der Waals surface area contributed by atoms with Gasteiger partial charge in [-0.05, 0) is 56.8 Å². The summed E-state index contributed by atoms with van der Waals surface area (Å²) in [7, 11) is 0. The lowest BCUT2D eigenvalue weighted by molar-refractivity contribution is 0.670. The second-order valence-electron chi connectivity index (χ2n) is 14.1. The molecule has 0 aliphatic rings. The molecule has 0 aliphatic heterocycles. The molecule has 0 atom stereocenters. The number of hydrogen-bond donors (Lipinski definition) is 0. The van der Waals surface area contributed by atoms with Crippen molar-refractivity contribution in [3.05, 3.63) is 194 Å². The summed E-state index contributed by atoms with van der Waals surface area (Å²) in [6.45, 7) is 0. The van der Waals surface area contributed by atoms with E-state index in [1.54, 1.807) is 0 Å². The summed E-state index contributed by atoms with van der Waals surface area (Å²) in [6.07, 6.45) is 0. The fourth-order valence-electron chi connectivity index (χ4n) is 8.20. The molecule has 3 nitrogen and oxygen atoms in total. The van der Waals surface area contributed by atoms with Gasteiger partial charge in [0.15, 0.2) is 0 Å². The predicted molar refractivity (Wildman–Crippen MR) is 229 cm³/mol. The summed E-state index contributed by atoms with van der Waals surface area (Å²) in [5, 5.41) is 6.86. The highest BCUT2D eigenvalue weighted by Gasteiger charge is 2.18. The molecular formula is C52H32N2O. The average molecular weight is 701 g/mol. The zero-order valence-corrected chi connectivity index (χ0v) is 29.8. The number of aromatic nitrogens is 2. The van der Waals surface area contributed by atoms with E-state index in [9.17, 15) is 0 Å². The summed E-state index contributed by atoms with van der Waals surface area (Å²) in [5.74, 6) is 0. The van der Waals surface area contributed by atoms with E-state index >= 15 is 0 Å². The smallest absolute Gasteiger partial charge is 0.143 e. The molecule has 0 unspecified atom stereocenters. The molecule has 0 saturated heterocycles. The Kier molecular flexibility index (Phi) is 7.17. The predicted octanol–water partition coefficient (Wildman–Crippen LogP) is 14.2. The molecule has 0 fully saturated rings. The van der Waals surface area contributed by atoms with Crippen LogP contribution in [0.1, 0.15) is 0 Å². The van der Waals surface area contributed by atoms with Crippen LogP contribution in [0.15, 0.2) is 199 Å². The molecule has 0 radical (unpaired) electrons. The van der Waals surface area contributed by atoms with E-state index in [0.29, 0.717) is 0 Å². The average Bonchev–Trinajstić information content (AvgIpc) is 3.66. The van der Waals surface area contributed by atoms with Crippen LogP contribution in [-0.2, 0) is 0 Å². The lowest BCUT2D eigenvalue weighted by Gasteiger charge is -2.15. The minimum atomic E-state index is 0.868. The van der Waals surface area contributed by atoms with Crippen LogP contribution in [0.5, 0.6) is 0 Å². The SMILES string of the molecule is c1ccc(-c2nc3c4ccccc4c4ccccc4c3nc2-c2cccc(-c3cccc(-c4ccc(-c5cccc6c5oc5ccccc56)cc4)c3)c2)cc1. The van der Waals surface area contributed by atoms with Gasteiger partial charge in [-0.15, -0.1) is 0 Å². The highest BCUT2D eigenvalue weighted by molar-refractivity contribution is 6.23. The first-order chi connectivity index (χ1) is 27.3. The Hall–Kier alpha value is -7.36. The van der Waals surface area contributed by atoms with E-state index in [1.807, 2.05) is 18.2 Å². The Balaban J connectivity index is 1.01. The molecule has 0 aliphatic carbocycles. The van der Waals surface area contributed by atoms with Gasteiger partial charge in [0.25, 0.3) is 0 Å². The van der Waals surface area contributed by atoms with Gasteiger partial charge in [-0.2, -0.15) is 0 Å². The van der Waals surface area contributed by atoms with Crippen molar-refractivity contribution in [2.45, 2.75) is 0 Å². The fraction of sp³-hybridized carbons (Fsp3) is 0. The Bertz CT molecular complexity index is 3250. The van der Waals surface area contributed by atoms with Crippen molar-refractivity contribution in [2.75, 3.05) is 0 Å². The first-order valence-electron chi connectivity index (χ1n) is 18.7. The van der Waals surface area contributed by atoms with Gasteiger partial charge in [0, 0.05) is 38.2 Å². The maximum Gasteiger partial charge on any atom is 0.143 e. The molecule has 3 heteroatoms. The van der Waals surface area contributed by atoms with Crippen LogP contribution in [0.25, 0.3) is 110 Å². The van der Waals surface area contributed by atoms with E-state index in [4.69, 9.17) is 14.4 Å². The van der Waals surface area contributed by atoms with Gasteiger partial charge in [-0.1, -0.05) is 176 Å². The van der Waals surface area contributed by atoms with E-state index in [2.05, 4.69) is 176 Å². The minimum absolute atomic E-state index is 0.868. The molecule has 11 aromatic rings. The van der Waals surface area contributed by atoms with Gasteiger partial charge in [0.2, 0.25) is 0 Å². The second-order valence-corrected chi connectivity index (χ2v) is 14.1. The molecule has 0 spiro atoms. The van der Waals surface area contributed by atoms with Crippen molar-refractivity contribution in [1.82, 2.24) is 9.97 Å². The summed E-state index contributed by atoms with van der Waals surface area (Å²) in [6, 6.07) is 68.4. The molecule has 0 bridgehead atoms. The first-order valence-corrected chi connectivity index (χ1v) is 18.7. The normalized spacial score (nSPS) is 11.6. The maximum atomic E-state index is 6.34. The minimum Gasteiger partial charge on any atom is -0.455 e. The largest absolute Gasteiger partial charge is 0.455 e. The fourth-order valence-corrected chi connectivity index (χ4v) is 8.20. The monoisotopic (exact) mass is 700 g/mol. The molecule has 11 rings (SSSR count). The van der Waals surface area contributed by atoms with Crippen LogP contribution < -0.4 is 0 Å². The topological polar surface area (TPSA) is 38.9 Å². The molecule has 2 aromatic heterocycles. The van der Waals surface area contributed by atoms with E-state index < -0.39 is 0 Å². The lowest BCUT2D eigenvalue weighted by Crippen LogP contribution is -1.97. The summed E-state index contributed by atoms with van der Waals surface area (Å²) >= 11 is 0. The van der Waals surface area contributed by atoms with E-state index in [-0.39, 0.29) is 0 Å². The van der Waals surface area contributed by atoms with Crippen LogP contribution in [0.2, 0.25) is 0 Å². The number of para-hydroxylation sites is 2. The van der Waals surface area contributed by atoms with Crippen LogP contribution in [-0.4, -0.2) is 9.97 Å². The molecule has 55 heavy (non-hydrogen) atoms. The Morgan fingerprint density at radius 1 is 0.291 bits per heavy atom. The first kappa shape index (κ1) is 31.2. The third-order valence-electron chi connectivity index (χ3n) is 10.9. The van der Waals surface area contributed by atoms with Crippen molar-refractivity contribution in [1.29, 1.82) is 0 Å². The second kappa shape index (κ2) is 12.6. The van der Waals surface area contributed by atoms with Crippen molar-refractivity contribution in [3.8, 4) is 55.9 Å². The summed E-state index contributed by atoms with van der Waals surface area (Å²) in [4.78, 5) is 10.9. The van der Waals surface area contributed by atoms with Crippen LogP contribution in [0.3, 0.4) is 0 Å². The van der Waals surface area contributed by atoms with Gasteiger partial charge in [-0.25, -0.2) is 9.97 Å². The molecule has 0 saturated carbocycles. The summed E-state index contributed by atoms with van der Waals surface area (Å²) in [5.41, 5.74) is 14.3. The van der Waals surface area contributed by atoms with Gasteiger partial charge < -0.3 is 4.42 Å². The zero-order chi connectivity index (χ0) is 36.3. The third kappa shape index (κ3) is 5.20. The van der Waals surface area contributed by atoms with Gasteiger partial charge in [-0.3, -0.25) is 0 Å². The van der Waals surface area contributed by atoms with Crippen LogP contribution in [0.4, 0.5) is 0 Å². The number of hydrogen-bond acceptors (Lipinski definition) is 3. The van der Waals surface area contributed by atoms with E-state index in [0.717, 1.165) is 99.6 Å². The number of benzene rings is 9. The van der Waals surface area contributed by atoms with Crippen molar-refractivity contribution >= 4 is 54.5 Å². The van der Waals surface area contributed by atoms with E-state index in [1.165, 1.54) is 10.8 Å². The van der Waals surface area contributed by atoms with Crippen molar-refractivity contribution in [3.63, 3.8) is 0 Å². The van der Waals surface area contributed by atoms with Gasteiger partial charge >= 0.3 is 0 Å². The quantitative estimate of drug-likeness (QED) is 0.168. The maximum absolute atomic E-state index is 6.34. The Labute approximate surface area is 317 Å². The number of fused-ring (bicyclic) bond motifs is 9. The van der Waals surface area contributed by atoms with Crippen molar-refractivity contribution < 1.29 is 4.42 Å². The van der Waals surface area contributed by atoms with Crippen LogP contribution >= 0.6 is 0 Å². The van der Waals surface area contributed by atoms with Crippen molar-refractivity contribution in [2.24, 2.45) is 0 Å². The highest BCUT2D eigenvalue weighted by atomic mass is 16.3. The lowest BCUT2D eigenvalue weighted by atomic mass is 9.94. The molecule has 0 amide bonds. The molecule has 256 valence electrons. The van der Waals surface area contributed by atoms with Crippen LogP contribution in [0, 0.1) is 0 Å². The Morgan fingerprint density at radius 2 is 0.745 bits per heavy atom.